The van der Waals surface area contributed by atoms with E-state index in [0.29, 0.717) is 30.9 Å². The van der Waals surface area contributed by atoms with Gasteiger partial charge >= 0.3 is 0 Å². The van der Waals surface area contributed by atoms with Gasteiger partial charge in [0.25, 0.3) is 5.91 Å². The van der Waals surface area contributed by atoms with E-state index in [1.54, 1.807) is 36.2 Å². The van der Waals surface area contributed by atoms with Crippen molar-refractivity contribution in [1.82, 2.24) is 19.8 Å². The highest BCUT2D eigenvalue weighted by atomic mass is 32.2. The van der Waals surface area contributed by atoms with Gasteiger partial charge in [-0.1, -0.05) is 6.07 Å². The predicted octanol–water partition coefficient (Wildman–Crippen LogP) is 0.887. The lowest BCUT2D eigenvalue weighted by atomic mass is 10.1. The molecule has 1 aromatic carbocycles. The average molecular weight is 377 g/mol. The third-order valence-corrected chi connectivity index (χ3v) is 5.03. The number of anilines is 1. The largest absolute Gasteiger partial charge is 0.336 e. The molecule has 1 unspecified atom stereocenters. The number of sulfonamides is 1. The number of amides is 1. The topological polar surface area (TPSA) is 96.3 Å². The van der Waals surface area contributed by atoms with E-state index in [1.807, 2.05) is 17.8 Å². The van der Waals surface area contributed by atoms with E-state index in [4.69, 9.17) is 0 Å². The monoisotopic (exact) mass is 377 g/mol. The number of nitrogens with zero attached hydrogens (tertiary/aromatic N) is 3. The molecule has 9 heteroatoms. The van der Waals surface area contributed by atoms with E-state index in [0.717, 1.165) is 17.6 Å². The Balaban J connectivity index is 1.92. The van der Waals surface area contributed by atoms with E-state index >= 15 is 0 Å². The highest BCUT2D eigenvalue weighted by molar-refractivity contribution is 7.92. The molecule has 2 heterocycles. The summed E-state index contributed by atoms with van der Waals surface area (Å²) in [6.45, 7) is 3.67. The number of imidazole rings is 1. The van der Waals surface area contributed by atoms with Gasteiger partial charge in [0.1, 0.15) is 11.9 Å². The molecule has 0 bridgehead atoms. The van der Waals surface area contributed by atoms with Crippen molar-refractivity contribution >= 4 is 21.6 Å². The van der Waals surface area contributed by atoms with Gasteiger partial charge in [0.15, 0.2) is 0 Å². The second-order valence-corrected chi connectivity index (χ2v) is 8.27. The zero-order valence-electron chi connectivity index (χ0n) is 15.1. The lowest BCUT2D eigenvalue weighted by Crippen LogP contribution is -2.49. The van der Waals surface area contributed by atoms with Gasteiger partial charge in [-0.15, -0.1) is 0 Å². The van der Waals surface area contributed by atoms with Crippen molar-refractivity contribution in [3.05, 3.63) is 47.5 Å². The molecule has 1 fully saturated rings. The number of carbonyl (C=O) groups excluding carboxylic acids is 1. The third kappa shape index (κ3) is 3.88. The summed E-state index contributed by atoms with van der Waals surface area (Å²) in [6, 6.07) is 4.89. The quantitative estimate of drug-likeness (QED) is 0.825. The van der Waals surface area contributed by atoms with Gasteiger partial charge in [-0.3, -0.25) is 9.52 Å². The molecule has 26 heavy (non-hydrogen) atoms. The van der Waals surface area contributed by atoms with Gasteiger partial charge in [0.05, 0.1) is 11.9 Å². The molecule has 0 spiro atoms. The maximum Gasteiger partial charge on any atom is 0.254 e. The molecular weight excluding hydrogens is 354 g/mol. The highest BCUT2D eigenvalue weighted by Crippen LogP contribution is 2.25. The number of aromatic nitrogens is 2. The van der Waals surface area contributed by atoms with Crippen molar-refractivity contribution < 1.29 is 13.2 Å². The molecule has 0 aliphatic carbocycles. The van der Waals surface area contributed by atoms with Gasteiger partial charge in [-0.25, -0.2) is 13.4 Å². The lowest BCUT2D eigenvalue weighted by Gasteiger charge is -2.36. The Labute approximate surface area is 153 Å². The van der Waals surface area contributed by atoms with Crippen LogP contribution in [-0.2, 0) is 17.1 Å². The number of nitrogens with one attached hydrogen (secondary N) is 2. The summed E-state index contributed by atoms with van der Waals surface area (Å²) in [7, 11) is -1.51. The summed E-state index contributed by atoms with van der Waals surface area (Å²) >= 11 is 0. The highest BCUT2D eigenvalue weighted by Gasteiger charge is 2.31. The van der Waals surface area contributed by atoms with Crippen molar-refractivity contribution in [3.8, 4) is 0 Å². The van der Waals surface area contributed by atoms with Crippen molar-refractivity contribution in [2.75, 3.05) is 30.6 Å². The van der Waals surface area contributed by atoms with Crippen LogP contribution in [0.3, 0.4) is 0 Å². The molecule has 1 atom stereocenters. The molecule has 1 aliphatic rings. The van der Waals surface area contributed by atoms with Gasteiger partial charge < -0.3 is 14.8 Å². The zero-order valence-corrected chi connectivity index (χ0v) is 15.9. The molecule has 1 amide bonds. The zero-order chi connectivity index (χ0) is 18.9. The van der Waals surface area contributed by atoms with Crippen LogP contribution in [0.2, 0.25) is 0 Å². The number of piperazine rings is 1. The summed E-state index contributed by atoms with van der Waals surface area (Å²) in [5, 5.41) is 3.30. The van der Waals surface area contributed by atoms with Crippen molar-refractivity contribution in [1.29, 1.82) is 0 Å². The van der Waals surface area contributed by atoms with Crippen LogP contribution in [-0.4, -0.2) is 54.7 Å². The van der Waals surface area contributed by atoms with Gasteiger partial charge in [-0.05, 0) is 24.6 Å². The summed E-state index contributed by atoms with van der Waals surface area (Å²) < 4.78 is 27.5. The van der Waals surface area contributed by atoms with Crippen LogP contribution in [0, 0.1) is 6.92 Å². The average Bonchev–Trinajstić information content (AvgIpc) is 3.01. The number of hydrogen-bond acceptors (Lipinski definition) is 5. The van der Waals surface area contributed by atoms with Gasteiger partial charge in [-0.2, -0.15) is 0 Å². The maximum atomic E-state index is 13.1. The van der Waals surface area contributed by atoms with Crippen LogP contribution in [0.5, 0.6) is 0 Å². The molecular formula is C17H23N5O3S. The molecule has 1 aromatic heterocycles. The fourth-order valence-electron chi connectivity index (χ4n) is 3.11. The minimum atomic E-state index is -3.42. The van der Waals surface area contributed by atoms with Crippen LogP contribution >= 0.6 is 0 Å². The SMILES string of the molecule is Cc1ccc(C(=O)N2CCNCC2c2nccn2C)cc1NS(C)(=O)=O. The predicted molar refractivity (Wildman–Crippen MR) is 99.5 cm³/mol. The standard InChI is InChI=1S/C17H23N5O3S/c1-12-4-5-13(10-14(12)20-26(3,24)25)17(23)22-9-6-18-11-15(22)16-19-7-8-21(16)2/h4-5,7-8,10,15,18,20H,6,9,11H2,1-3H3. The van der Waals surface area contributed by atoms with E-state index < -0.39 is 10.0 Å². The van der Waals surface area contributed by atoms with Crippen molar-refractivity contribution in [2.24, 2.45) is 7.05 Å². The van der Waals surface area contributed by atoms with E-state index in [1.165, 1.54) is 0 Å². The Kier molecular flexibility index (Phi) is 5.01. The summed E-state index contributed by atoms with van der Waals surface area (Å²) in [4.78, 5) is 19.3. The van der Waals surface area contributed by atoms with Crippen LogP contribution in [0.4, 0.5) is 5.69 Å². The van der Waals surface area contributed by atoms with Gasteiger partial charge in [0.2, 0.25) is 10.0 Å². The first-order valence-corrected chi connectivity index (χ1v) is 10.2. The second-order valence-electron chi connectivity index (χ2n) is 6.52. The fourth-order valence-corrected chi connectivity index (χ4v) is 3.73. The van der Waals surface area contributed by atoms with Crippen LogP contribution in [0.25, 0.3) is 0 Å². The van der Waals surface area contributed by atoms with Gasteiger partial charge in [0, 0.05) is 44.6 Å². The number of benzene rings is 1. The Morgan fingerprint density at radius 1 is 1.38 bits per heavy atom. The second kappa shape index (κ2) is 7.08. The summed E-state index contributed by atoms with van der Waals surface area (Å²) in [5.41, 5.74) is 1.62. The Bertz CT molecular complexity index is 922. The number of carbonyl (C=O) groups is 1. The van der Waals surface area contributed by atoms with E-state index in [-0.39, 0.29) is 11.9 Å². The Morgan fingerprint density at radius 2 is 2.15 bits per heavy atom. The smallest absolute Gasteiger partial charge is 0.254 e. The fraction of sp³-hybridized carbons (Fsp3) is 0.412. The molecule has 0 saturated carbocycles. The molecule has 1 aliphatic heterocycles. The van der Waals surface area contributed by atoms with E-state index in [9.17, 15) is 13.2 Å². The molecule has 1 saturated heterocycles. The minimum absolute atomic E-state index is 0.143. The number of hydrogen-bond donors (Lipinski definition) is 2. The first-order chi connectivity index (χ1) is 12.3. The molecule has 0 radical (unpaired) electrons. The Hall–Kier alpha value is -2.39. The molecule has 140 valence electrons. The van der Waals surface area contributed by atoms with E-state index in [2.05, 4.69) is 15.0 Å². The molecule has 2 aromatic rings. The van der Waals surface area contributed by atoms with Crippen LogP contribution < -0.4 is 10.0 Å². The normalized spacial score (nSPS) is 18.0. The first kappa shape index (κ1) is 18.4. The van der Waals surface area contributed by atoms with Crippen molar-refractivity contribution in [3.63, 3.8) is 0 Å². The number of aryl methyl sites for hydroxylation is 2. The molecule has 3 rings (SSSR count). The summed E-state index contributed by atoms with van der Waals surface area (Å²) in [5.74, 6) is 0.670. The molecule has 2 N–H and O–H groups in total. The summed E-state index contributed by atoms with van der Waals surface area (Å²) in [6.07, 6.45) is 4.66. The maximum absolute atomic E-state index is 13.1. The Morgan fingerprint density at radius 3 is 2.81 bits per heavy atom. The molecule has 8 nitrogen and oxygen atoms in total. The lowest BCUT2D eigenvalue weighted by molar-refractivity contribution is 0.0621. The van der Waals surface area contributed by atoms with Crippen LogP contribution in [0.1, 0.15) is 27.8 Å². The van der Waals surface area contributed by atoms with Crippen LogP contribution in [0.15, 0.2) is 30.6 Å². The third-order valence-electron chi connectivity index (χ3n) is 4.44. The number of rotatable bonds is 4. The minimum Gasteiger partial charge on any atom is -0.336 e. The first-order valence-electron chi connectivity index (χ1n) is 8.33. The van der Waals surface area contributed by atoms with Crippen molar-refractivity contribution in [2.45, 2.75) is 13.0 Å².